The van der Waals surface area contributed by atoms with E-state index < -0.39 is 0 Å². The molecule has 2 aliphatic rings. The molecular formula is C19H27ClO4. The third-order valence-electron chi connectivity index (χ3n) is 5.95. The van der Waals surface area contributed by atoms with Crippen LogP contribution in [0.3, 0.4) is 0 Å². The lowest BCUT2D eigenvalue weighted by molar-refractivity contribution is -0.215. The molecule has 1 aliphatic heterocycles. The molecule has 134 valence electrons. The summed E-state index contributed by atoms with van der Waals surface area (Å²) >= 11 is 6.31. The smallest absolute Gasteiger partial charge is 0.166 e. The Kier molecular flexibility index (Phi) is 4.75. The summed E-state index contributed by atoms with van der Waals surface area (Å²) in [6, 6.07) is 3.65. The quantitative estimate of drug-likeness (QED) is 0.882. The van der Waals surface area contributed by atoms with Crippen LogP contribution in [-0.4, -0.2) is 31.0 Å². The lowest BCUT2D eigenvalue weighted by atomic mass is 9.63. The van der Waals surface area contributed by atoms with Crippen LogP contribution in [0.5, 0.6) is 11.5 Å². The number of aliphatic hydroxyl groups excluding tert-OH is 1. The predicted molar refractivity (Wildman–Crippen MR) is 93.8 cm³/mol. The molecule has 1 saturated heterocycles. The van der Waals surface area contributed by atoms with E-state index in [2.05, 4.69) is 20.8 Å². The zero-order valence-electron chi connectivity index (χ0n) is 15.0. The Morgan fingerprint density at radius 3 is 2.54 bits per heavy atom. The van der Waals surface area contributed by atoms with Gasteiger partial charge < -0.3 is 19.3 Å². The molecule has 5 atom stereocenters. The minimum atomic E-state index is -0.303. The highest BCUT2D eigenvalue weighted by molar-refractivity contribution is 6.30. The maximum absolute atomic E-state index is 10.5. The molecule has 1 heterocycles. The summed E-state index contributed by atoms with van der Waals surface area (Å²) in [6.45, 7) is 6.32. The number of ether oxygens (including phenoxy) is 3. The highest BCUT2D eigenvalue weighted by Crippen LogP contribution is 2.55. The summed E-state index contributed by atoms with van der Waals surface area (Å²) in [5, 5.41) is 11.1. The zero-order chi connectivity index (χ0) is 17.6. The fourth-order valence-corrected chi connectivity index (χ4v) is 4.59. The van der Waals surface area contributed by atoms with Crippen LogP contribution in [0.1, 0.15) is 45.3 Å². The molecule has 3 rings (SSSR count). The van der Waals surface area contributed by atoms with Crippen molar-refractivity contribution in [1.82, 2.24) is 0 Å². The van der Waals surface area contributed by atoms with Gasteiger partial charge in [0.1, 0.15) is 0 Å². The number of halogens is 1. The number of fused-ring (bicyclic) bond motifs is 2. The first-order valence-corrected chi connectivity index (χ1v) is 8.93. The molecule has 0 spiro atoms. The molecule has 5 heteroatoms. The largest absolute Gasteiger partial charge is 0.493 e. The molecule has 2 bridgehead atoms. The Bertz CT molecular complexity index is 616. The van der Waals surface area contributed by atoms with Crippen LogP contribution >= 0.6 is 11.6 Å². The van der Waals surface area contributed by atoms with Gasteiger partial charge in [-0.15, -0.1) is 0 Å². The number of hydrogen-bond acceptors (Lipinski definition) is 4. The maximum atomic E-state index is 10.5. The highest BCUT2D eigenvalue weighted by atomic mass is 35.5. The van der Waals surface area contributed by atoms with Crippen molar-refractivity contribution in [1.29, 1.82) is 0 Å². The first-order valence-electron chi connectivity index (χ1n) is 8.55. The van der Waals surface area contributed by atoms with Crippen molar-refractivity contribution in [3.63, 3.8) is 0 Å². The predicted octanol–water partition coefficient (Wildman–Crippen LogP) is 4.23. The topological polar surface area (TPSA) is 47.9 Å². The fourth-order valence-electron chi connectivity index (χ4n) is 4.37. The van der Waals surface area contributed by atoms with Gasteiger partial charge in [0.25, 0.3) is 0 Å². The Morgan fingerprint density at radius 2 is 1.92 bits per heavy atom. The molecule has 0 radical (unpaired) electrons. The number of methoxy groups -OCH3 is 2. The standard InChI is InChI=1S/C19H27ClO4/c1-10-13-6-11(7-15(10)21)19(2,3)24-17(13)14-8-12(20)9-16(22-4)18(14)23-5/h8-11,13,15,17,21H,6-7H2,1-5H3/t10-,11-,13-,15-,17+/m0/s1. The number of benzene rings is 1. The highest BCUT2D eigenvalue weighted by Gasteiger charge is 2.51. The number of hydrogen-bond donors (Lipinski definition) is 1. The van der Waals surface area contributed by atoms with Gasteiger partial charge in [-0.25, -0.2) is 0 Å². The van der Waals surface area contributed by atoms with Gasteiger partial charge in [-0.05, 0) is 50.5 Å². The van der Waals surface area contributed by atoms with Crippen molar-refractivity contribution in [3.05, 3.63) is 22.7 Å². The summed E-state index contributed by atoms with van der Waals surface area (Å²) < 4.78 is 17.6. The number of rotatable bonds is 3. The molecule has 24 heavy (non-hydrogen) atoms. The monoisotopic (exact) mass is 354 g/mol. The van der Waals surface area contributed by atoms with Gasteiger partial charge in [0, 0.05) is 16.7 Å². The first-order chi connectivity index (χ1) is 11.3. The SMILES string of the molecule is COc1cc(Cl)cc([C@@H]2OC(C)(C)[C@H]3C[C@H]2[C@H](C)[C@@H](O)C3)c1OC. The van der Waals surface area contributed by atoms with Crippen LogP contribution in [0.4, 0.5) is 0 Å². The van der Waals surface area contributed by atoms with E-state index in [1.807, 2.05) is 6.07 Å². The molecule has 0 unspecified atom stereocenters. The molecule has 1 aliphatic carbocycles. The number of aliphatic hydroxyl groups is 1. The third-order valence-corrected chi connectivity index (χ3v) is 6.16. The van der Waals surface area contributed by atoms with Gasteiger partial charge in [-0.2, -0.15) is 0 Å². The summed E-state index contributed by atoms with van der Waals surface area (Å²) in [7, 11) is 3.23. The van der Waals surface area contributed by atoms with E-state index in [1.54, 1.807) is 20.3 Å². The Balaban J connectivity index is 2.09. The van der Waals surface area contributed by atoms with Crippen molar-refractivity contribution < 1.29 is 19.3 Å². The van der Waals surface area contributed by atoms with Gasteiger partial charge in [-0.3, -0.25) is 0 Å². The summed E-state index contributed by atoms with van der Waals surface area (Å²) in [5.74, 6) is 2.01. The second-order valence-electron chi connectivity index (χ2n) is 7.63. The van der Waals surface area contributed by atoms with Crippen molar-refractivity contribution in [3.8, 4) is 11.5 Å². The molecule has 1 aromatic rings. The zero-order valence-corrected chi connectivity index (χ0v) is 15.8. The van der Waals surface area contributed by atoms with Crippen LogP contribution in [0.25, 0.3) is 0 Å². The van der Waals surface area contributed by atoms with Gasteiger partial charge in [0.2, 0.25) is 0 Å². The van der Waals surface area contributed by atoms with E-state index in [-0.39, 0.29) is 29.6 Å². The molecule has 1 saturated carbocycles. The normalized spacial score (nSPS) is 34.7. The summed E-state index contributed by atoms with van der Waals surface area (Å²) in [6.07, 6.45) is 1.36. The van der Waals surface area contributed by atoms with Crippen molar-refractivity contribution in [2.75, 3.05) is 14.2 Å². The average Bonchev–Trinajstić information content (AvgIpc) is 2.53. The minimum Gasteiger partial charge on any atom is -0.493 e. The van der Waals surface area contributed by atoms with Crippen molar-refractivity contribution >= 4 is 11.6 Å². The van der Waals surface area contributed by atoms with E-state index in [4.69, 9.17) is 25.8 Å². The Hall–Kier alpha value is -0.970. The lowest BCUT2D eigenvalue weighted by Gasteiger charge is -2.53. The lowest BCUT2D eigenvalue weighted by Crippen LogP contribution is -2.52. The van der Waals surface area contributed by atoms with E-state index in [0.29, 0.717) is 22.4 Å². The molecule has 0 amide bonds. The van der Waals surface area contributed by atoms with Crippen molar-refractivity contribution in [2.45, 2.75) is 51.4 Å². The fraction of sp³-hybridized carbons (Fsp3) is 0.684. The molecule has 1 N–H and O–H groups in total. The van der Waals surface area contributed by atoms with Gasteiger partial charge >= 0.3 is 0 Å². The van der Waals surface area contributed by atoms with E-state index >= 15 is 0 Å². The maximum Gasteiger partial charge on any atom is 0.166 e. The third kappa shape index (κ3) is 2.89. The average molecular weight is 355 g/mol. The van der Waals surface area contributed by atoms with Crippen LogP contribution in [-0.2, 0) is 4.74 Å². The Labute approximate surface area is 149 Å². The van der Waals surface area contributed by atoms with Gasteiger partial charge in [-0.1, -0.05) is 18.5 Å². The van der Waals surface area contributed by atoms with Crippen LogP contribution in [0, 0.1) is 17.8 Å². The molecule has 1 aromatic carbocycles. The van der Waals surface area contributed by atoms with E-state index in [0.717, 1.165) is 18.4 Å². The minimum absolute atomic E-state index is 0.164. The summed E-state index contributed by atoms with van der Waals surface area (Å²) in [5.41, 5.74) is 0.599. The van der Waals surface area contributed by atoms with E-state index in [9.17, 15) is 5.11 Å². The molecule has 4 nitrogen and oxygen atoms in total. The van der Waals surface area contributed by atoms with Crippen molar-refractivity contribution in [2.24, 2.45) is 17.8 Å². The Morgan fingerprint density at radius 1 is 1.21 bits per heavy atom. The van der Waals surface area contributed by atoms with Crippen LogP contribution < -0.4 is 9.47 Å². The van der Waals surface area contributed by atoms with Crippen LogP contribution in [0.15, 0.2) is 12.1 Å². The van der Waals surface area contributed by atoms with E-state index in [1.165, 1.54) is 0 Å². The second kappa shape index (κ2) is 6.40. The molecular weight excluding hydrogens is 328 g/mol. The summed E-state index contributed by atoms with van der Waals surface area (Å²) in [4.78, 5) is 0. The molecule has 2 fully saturated rings. The van der Waals surface area contributed by atoms with Gasteiger partial charge in [0.05, 0.1) is 32.0 Å². The molecule has 0 aromatic heterocycles. The second-order valence-corrected chi connectivity index (χ2v) is 8.07. The van der Waals surface area contributed by atoms with Gasteiger partial charge in [0.15, 0.2) is 11.5 Å². The first kappa shape index (κ1) is 17.8. The van der Waals surface area contributed by atoms with Crippen LogP contribution in [0.2, 0.25) is 5.02 Å².